The second-order valence-corrected chi connectivity index (χ2v) is 6.99. The van der Waals surface area contributed by atoms with Crippen LogP contribution in [0.25, 0.3) is 0 Å². The van der Waals surface area contributed by atoms with Crippen LogP contribution in [0.3, 0.4) is 0 Å². The third-order valence-electron chi connectivity index (χ3n) is 4.29. The Morgan fingerprint density at radius 1 is 1.16 bits per heavy atom. The Kier molecular flexibility index (Phi) is 14.0. The fourth-order valence-corrected chi connectivity index (χ4v) is 2.63. The minimum Gasteiger partial charge on any atom is -0.490 e. The largest absolute Gasteiger partial charge is 0.490 e. The molecule has 2 rings (SSSR count). The summed E-state index contributed by atoms with van der Waals surface area (Å²) in [6.45, 7) is 4.14. The van der Waals surface area contributed by atoms with E-state index in [4.69, 9.17) is 18.9 Å². The highest BCUT2D eigenvalue weighted by atomic mass is 127. The number of halogens is 1. The molecule has 176 valence electrons. The predicted octanol–water partition coefficient (Wildman–Crippen LogP) is 2.35. The average molecular weight is 550 g/mol. The minimum atomic E-state index is 0. The Labute approximate surface area is 201 Å². The summed E-state index contributed by atoms with van der Waals surface area (Å²) < 4.78 is 21.9. The minimum absolute atomic E-state index is 0. The zero-order chi connectivity index (χ0) is 21.6. The number of rotatable bonds is 11. The van der Waals surface area contributed by atoms with Crippen molar-refractivity contribution in [2.24, 2.45) is 4.99 Å². The quantitative estimate of drug-likeness (QED) is 0.189. The lowest BCUT2D eigenvalue weighted by Crippen LogP contribution is -2.34. The van der Waals surface area contributed by atoms with Crippen molar-refractivity contribution in [1.29, 1.82) is 0 Å². The lowest BCUT2D eigenvalue weighted by atomic mass is 10.2. The van der Waals surface area contributed by atoms with E-state index in [9.17, 15) is 4.79 Å². The molecule has 9 nitrogen and oxygen atoms in total. The van der Waals surface area contributed by atoms with Gasteiger partial charge in [0.25, 0.3) is 0 Å². The maximum absolute atomic E-state index is 11.8. The summed E-state index contributed by atoms with van der Waals surface area (Å²) in [6, 6.07) is 5.71. The Morgan fingerprint density at radius 2 is 1.94 bits per heavy atom. The van der Waals surface area contributed by atoms with Crippen molar-refractivity contribution in [3.8, 4) is 11.5 Å². The van der Waals surface area contributed by atoms with Gasteiger partial charge in [-0.05, 0) is 18.6 Å². The molecule has 0 bridgehead atoms. The van der Waals surface area contributed by atoms with Gasteiger partial charge in [0.05, 0.1) is 26.4 Å². The topological polar surface area (TPSA) is 93.7 Å². The maximum Gasteiger partial charge on any atom is 0.223 e. The molecule has 1 aromatic rings. The monoisotopic (exact) mass is 550 g/mol. The molecular weight excluding hydrogens is 515 g/mol. The number of methoxy groups -OCH3 is 1. The average Bonchev–Trinajstić information content (AvgIpc) is 2.97. The van der Waals surface area contributed by atoms with E-state index in [-0.39, 0.29) is 29.9 Å². The van der Waals surface area contributed by atoms with E-state index in [0.717, 1.165) is 24.3 Å². The highest BCUT2D eigenvalue weighted by Crippen LogP contribution is 2.32. The molecule has 1 aliphatic heterocycles. The van der Waals surface area contributed by atoms with Gasteiger partial charge in [-0.3, -0.25) is 9.79 Å². The van der Waals surface area contributed by atoms with E-state index in [1.165, 1.54) is 0 Å². The number of hydrogen-bond donors (Lipinski definition) is 2. The number of fused-ring (bicyclic) bond motifs is 1. The molecule has 0 saturated heterocycles. The van der Waals surface area contributed by atoms with Crippen LogP contribution in [-0.4, -0.2) is 84.1 Å². The van der Waals surface area contributed by atoms with Gasteiger partial charge in [0, 0.05) is 65.5 Å². The van der Waals surface area contributed by atoms with Crippen LogP contribution in [0.5, 0.6) is 11.5 Å². The second kappa shape index (κ2) is 15.9. The van der Waals surface area contributed by atoms with Crippen LogP contribution in [0, 0.1) is 0 Å². The van der Waals surface area contributed by atoms with Gasteiger partial charge in [-0.2, -0.15) is 0 Å². The molecule has 1 heterocycles. The molecular formula is C21H35IN4O5. The maximum atomic E-state index is 11.8. The van der Waals surface area contributed by atoms with E-state index >= 15 is 0 Å². The molecule has 1 aliphatic rings. The Bertz CT molecular complexity index is 688. The highest BCUT2D eigenvalue weighted by molar-refractivity contribution is 14.0. The molecule has 0 spiro atoms. The van der Waals surface area contributed by atoms with Crippen LogP contribution in [-0.2, 0) is 14.3 Å². The smallest absolute Gasteiger partial charge is 0.223 e. The van der Waals surface area contributed by atoms with E-state index < -0.39 is 0 Å². The molecule has 31 heavy (non-hydrogen) atoms. The van der Waals surface area contributed by atoms with Gasteiger partial charge in [0.15, 0.2) is 17.5 Å². The van der Waals surface area contributed by atoms with Crippen LogP contribution >= 0.6 is 24.0 Å². The number of guanidine groups is 1. The Morgan fingerprint density at radius 3 is 2.68 bits per heavy atom. The van der Waals surface area contributed by atoms with Crippen molar-refractivity contribution in [3.63, 3.8) is 0 Å². The van der Waals surface area contributed by atoms with Crippen LogP contribution in [0.1, 0.15) is 19.3 Å². The molecule has 0 radical (unpaired) electrons. The van der Waals surface area contributed by atoms with E-state index in [2.05, 4.69) is 15.6 Å². The number of benzene rings is 1. The van der Waals surface area contributed by atoms with Crippen LogP contribution in [0.4, 0.5) is 5.69 Å². The molecule has 0 fully saturated rings. The molecule has 2 N–H and O–H groups in total. The van der Waals surface area contributed by atoms with Crippen LogP contribution < -0.4 is 20.1 Å². The summed E-state index contributed by atoms with van der Waals surface area (Å²) in [5.41, 5.74) is 0.834. The van der Waals surface area contributed by atoms with Crippen LogP contribution in [0.2, 0.25) is 0 Å². The number of anilines is 1. The van der Waals surface area contributed by atoms with Crippen molar-refractivity contribution in [2.75, 3.05) is 72.6 Å². The Balaban J connectivity index is 0.00000480. The van der Waals surface area contributed by atoms with Crippen molar-refractivity contribution >= 4 is 41.5 Å². The first-order valence-corrected chi connectivity index (χ1v) is 10.3. The third-order valence-corrected chi connectivity index (χ3v) is 4.29. The fraction of sp³-hybridized carbons (Fsp3) is 0.619. The normalized spacial score (nSPS) is 13.1. The van der Waals surface area contributed by atoms with E-state index in [1.54, 1.807) is 26.1 Å². The molecule has 0 aromatic heterocycles. The number of amides is 1. The SMILES string of the molecule is COCCOCCCN=C(NCCC(=O)N(C)C)Nc1ccc2c(c1)OCCCO2.I. The molecule has 0 aliphatic carbocycles. The molecule has 10 heteroatoms. The van der Waals surface area contributed by atoms with E-state index in [0.29, 0.717) is 64.3 Å². The molecule has 1 aromatic carbocycles. The zero-order valence-corrected chi connectivity index (χ0v) is 21.0. The van der Waals surface area contributed by atoms with Gasteiger partial charge in [-0.15, -0.1) is 24.0 Å². The lowest BCUT2D eigenvalue weighted by molar-refractivity contribution is -0.128. The number of ether oxygens (including phenoxy) is 4. The molecule has 1 amide bonds. The van der Waals surface area contributed by atoms with Crippen molar-refractivity contribution in [3.05, 3.63) is 18.2 Å². The number of hydrogen-bond acceptors (Lipinski definition) is 6. The number of aliphatic imine (C=N–C) groups is 1. The van der Waals surface area contributed by atoms with E-state index in [1.807, 2.05) is 18.2 Å². The first-order valence-electron chi connectivity index (χ1n) is 10.3. The first kappa shape index (κ1) is 27.2. The summed E-state index contributed by atoms with van der Waals surface area (Å²) in [6.07, 6.45) is 2.03. The van der Waals surface area contributed by atoms with Crippen molar-refractivity contribution < 1.29 is 23.7 Å². The number of nitrogens with one attached hydrogen (secondary N) is 2. The zero-order valence-electron chi connectivity index (χ0n) is 18.6. The molecule has 0 unspecified atom stereocenters. The first-order chi connectivity index (χ1) is 14.6. The second-order valence-electron chi connectivity index (χ2n) is 6.99. The highest BCUT2D eigenvalue weighted by Gasteiger charge is 2.12. The van der Waals surface area contributed by atoms with Gasteiger partial charge in [0.2, 0.25) is 5.91 Å². The predicted molar refractivity (Wildman–Crippen MR) is 132 cm³/mol. The summed E-state index contributed by atoms with van der Waals surface area (Å²) >= 11 is 0. The van der Waals surface area contributed by atoms with Crippen molar-refractivity contribution in [2.45, 2.75) is 19.3 Å². The summed E-state index contributed by atoms with van der Waals surface area (Å²) in [7, 11) is 5.14. The summed E-state index contributed by atoms with van der Waals surface area (Å²) in [4.78, 5) is 18.0. The van der Waals surface area contributed by atoms with Gasteiger partial charge < -0.3 is 34.5 Å². The van der Waals surface area contributed by atoms with Gasteiger partial charge in [-0.25, -0.2) is 0 Å². The van der Waals surface area contributed by atoms with Gasteiger partial charge in [0.1, 0.15) is 0 Å². The summed E-state index contributed by atoms with van der Waals surface area (Å²) in [5.74, 6) is 2.12. The van der Waals surface area contributed by atoms with Gasteiger partial charge >= 0.3 is 0 Å². The number of carbonyl (C=O) groups is 1. The number of nitrogens with zero attached hydrogens (tertiary/aromatic N) is 2. The summed E-state index contributed by atoms with van der Waals surface area (Å²) in [5, 5.41) is 6.50. The third kappa shape index (κ3) is 10.9. The lowest BCUT2D eigenvalue weighted by Gasteiger charge is -2.15. The standard InChI is InChI=1S/C21H34N4O5.HI/c1-25(2)20(26)8-10-23-21(22-9-4-11-28-15-14-27-3)24-17-6-7-18-19(16-17)30-13-5-12-29-18;/h6-7,16H,4-5,8-15H2,1-3H3,(H2,22,23,24);1H. The molecule has 0 saturated carbocycles. The Hall–Kier alpha value is -1.79. The van der Waals surface area contributed by atoms with Crippen molar-refractivity contribution in [1.82, 2.24) is 10.2 Å². The van der Waals surface area contributed by atoms with Crippen LogP contribution in [0.15, 0.2) is 23.2 Å². The molecule has 0 atom stereocenters. The van der Waals surface area contributed by atoms with Gasteiger partial charge in [-0.1, -0.05) is 0 Å². The number of carbonyl (C=O) groups excluding carboxylic acids is 1. The fourth-order valence-electron chi connectivity index (χ4n) is 2.63.